The molecule has 4 heterocycles. The van der Waals surface area contributed by atoms with E-state index in [0.29, 0.717) is 5.71 Å². The van der Waals surface area contributed by atoms with Gasteiger partial charge < -0.3 is 4.42 Å². The van der Waals surface area contributed by atoms with Crippen LogP contribution < -0.4 is 4.57 Å². The van der Waals surface area contributed by atoms with Gasteiger partial charge in [-0.1, -0.05) is 53.7 Å². The van der Waals surface area contributed by atoms with Gasteiger partial charge in [-0.3, -0.25) is 4.98 Å². The summed E-state index contributed by atoms with van der Waals surface area (Å²) in [5.41, 5.74) is 7.77. The van der Waals surface area contributed by atoms with E-state index in [1.165, 1.54) is 11.1 Å². The maximum atomic E-state index is 6.49. The summed E-state index contributed by atoms with van der Waals surface area (Å²) in [6.07, 6.45) is 4.13. The molecule has 0 aliphatic carbocycles. The highest BCUT2D eigenvalue weighted by Crippen LogP contribution is 2.37. The first-order valence-electron chi connectivity index (χ1n) is 12.2. The number of benzene rings is 1. The van der Waals surface area contributed by atoms with Gasteiger partial charge in [0.25, 0.3) is 5.82 Å². The lowest BCUT2D eigenvalue weighted by Crippen LogP contribution is -2.29. The molecule has 0 aliphatic rings. The predicted octanol–water partition coefficient (Wildman–Crippen LogP) is 6.78. The molecule has 5 heteroatoms. The van der Waals surface area contributed by atoms with Crippen LogP contribution in [0.2, 0.25) is 0 Å². The van der Waals surface area contributed by atoms with Gasteiger partial charge in [0.1, 0.15) is 18.0 Å². The zero-order valence-corrected chi connectivity index (χ0v) is 22.3. The normalized spacial score (nSPS) is 12.7. The fourth-order valence-corrected chi connectivity index (χ4v) is 4.66. The van der Waals surface area contributed by atoms with Crippen molar-refractivity contribution >= 4 is 22.1 Å². The molecule has 0 saturated heterocycles. The Hall–Kier alpha value is -3.47. The lowest BCUT2D eigenvalue weighted by atomic mass is 9.83. The van der Waals surface area contributed by atoms with Crippen LogP contribution in [0.3, 0.4) is 0 Å². The number of hydrogen-bond donors (Lipinski definition) is 0. The van der Waals surface area contributed by atoms with Gasteiger partial charge in [0.15, 0.2) is 5.58 Å². The minimum atomic E-state index is -0.0590. The van der Waals surface area contributed by atoms with Gasteiger partial charge in [-0.2, -0.15) is 0 Å². The molecule has 0 unspecified atom stereocenters. The summed E-state index contributed by atoms with van der Waals surface area (Å²) in [4.78, 5) is 10.0. The predicted molar refractivity (Wildman–Crippen MR) is 142 cm³/mol. The molecule has 0 spiro atoms. The number of rotatable bonds is 2. The van der Waals surface area contributed by atoms with Crippen LogP contribution in [0.15, 0.2) is 53.2 Å². The first kappa shape index (κ1) is 23.3. The molecule has 1 aromatic carbocycles. The second-order valence-corrected chi connectivity index (χ2v) is 11.8. The number of aromatic nitrogens is 4. The van der Waals surface area contributed by atoms with E-state index in [4.69, 9.17) is 14.4 Å². The zero-order valence-electron chi connectivity index (χ0n) is 22.3. The Labute approximate surface area is 207 Å². The van der Waals surface area contributed by atoms with E-state index in [0.717, 1.165) is 44.8 Å². The third-order valence-electron chi connectivity index (χ3n) is 6.84. The van der Waals surface area contributed by atoms with E-state index in [1.807, 2.05) is 0 Å². The van der Waals surface area contributed by atoms with E-state index in [2.05, 4.69) is 120 Å². The van der Waals surface area contributed by atoms with Gasteiger partial charge in [-0.15, -0.1) is 0 Å². The molecule has 0 radical (unpaired) electrons. The maximum Gasteiger partial charge on any atom is 0.292 e. The highest BCUT2D eigenvalue weighted by Gasteiger charge is 2.25. The number of hydrogen-bond acceptors (Lipinski definition) is 3. The summed E-state index contributed by atoms with van der Waals surface area (Å²) >= 11 is 0. The van der Waals surface area contributed by atoms with E-state index in [9.17, 15) is 0 Å². The summed E-state index contributed by atoms with van der Waals surface area (Å²) in [5.74, 6) is 1.10. The lowest BCUT2D eigenvalue weighted by molar-refractivity contribution is -0.659. The number of aryl methyl sites for hydroxylation is 3. The van der Waals surface area contributed by atoms with E-state index >= 15 is 0 Å². The molecule has 0 saturated carbocycles. The van der Waals surface area contributed by atoms with Crippen molar-refractivity contribution in [2.24, 2.45) is 14.1 Å². The van der Waals surface area contributed by atoms with E-state index in [-0.39, 0.29) is 10.8 Å². The van der Waals surface area contributed by atoms with Crippen LogP contribution in [-0.2, 0) is 24.9 Å². The van der Waals surface area contributed by atoms with Crippen molar-refractivity contribution in [1.29, 1.82) is 0 Å². The highest BCUT2D eigenvalue weighted by molar-refractivity contribution is 6.08. The Balaban J connectivity index is 1.74. The van der Waals surface area contributed by atoms with Crippen molar-refractivity contribution < 1.29 is 8.98 Å². The number of imidazole rings is 1. The molecular formula is C30H35N4O+. The van der Waals surface area contributed by atoms with Crippen molar-refractivity contribution in [3.8, 4) is 22.8 Å². The molecule has 0 bridgehead atoms. The number of nitrogens with zero attached hydrogens (tertiary/aromatic N) is 4. The number of pyridine rings is 2. The fourth-order valence-electron chi connectivity index (χ4n) is 4.66. The van der Waals surface area contributed by atoms with Crippen molar-refractivity contribution in [2.45, 2.75) is 59.3 Å². The number of fused-ring (bicyclic) bond motifs is 3. The lowest BCUT2D eigenvalue weighted by Gasteiger charge is -2.25. The summed E-state index contributed by atoms with van der Waals surface area (Å²) in [7, 11) is 4.13. The summed E-state index contributed by atoms with van der Waals surface area (Å²) < 4.78 is 10.7. The molecule has 35 heavy (non-hydrogen) atoms. The van der Waals surface area contributed by atoms with Crippen LogP contribution in [0, 0.1) is 6.92 Å². The Kier molecular flexibility index (Phi) is 5.17. The molecule has 5 rings (SSSR count). The SMILES string of the molecule is Cc1ccc2c(oc3nc(-c4cc(C(C)(C)C)cc(C(C)(C)C)n4)ccc32)c1-c1n(C)cc[n+]1C. The summed E-state index contributed by atoms with van der Waals surface area (Å²) in [6, 6.07) is 12.9. The van der Waals surface area contributed by atoms with Crippen LogP contribution >= 0.6 is 0 Å². The van der Waals surface area contributed by atoms with Crippen molar-refractivity contribution in [1.82, 2.24) is 14.5 Å². The monoisotopic (exact) mass is 467 g/mol. The minimum Gasteiger partial charge on any atom is -0.437 e. The maximum absolute atomic E-state index is 6.49. The quantitative estimate of drug-likeness (QED) is 0.269. The zero-order chi connectivity index (χ0) is 25.3. The second-order valence-electron chi connectivity index (χ2n) is 11.8. The van der Waals surface area contributed by atoms with Gasteiger partial charge in [0.2, 0.25) is 5.71 Å². The molecular weight excluding hydrogens is 432 g/mol. The Morgan fingerprint density at radius 1 is 0.857 bits per heavy atom. The van der Waals surface area contributed by atoms with Crippen molar-refractivity contribution in [2.75, 3.05) is 0 Å². The highest BCUT2D eigenvalue weighted by atomic mass is 16.3. The van der Waals surface area contributed by atoms with E-state index < -0.39 is 0 Å². The van der Waals surface area contributed by atoms with Crippen LogP contribution in [0.4, 0.5) is 0 Å². The Morgan fingerprint density at radius 2 is 1.57 bits per heavy atom. The van der Waals surface area contributed by atoms with Gasteiger partial charge in [-0.05, 0) is 47.7 Å². The molecule has 0 fully saturated rings. The molecule has 5 nitrogen and oxygen atoms in total. The molecule has 4 aromatic heterocycles. The van der Waals surface area contributed by atoms with Crippen LogP contribution in [0.25, 0.3) is 44.8 Å². The Bertz CT molecular complexity index is 1540. The second kappa shape index (κ2) is 7.77. The Morgan fingerprint density at radius 3 is 2.20 bits per heavy atom. The van der Waals surface area contributed by atoms with Gasteiger partial charge in [0, 0.05) is 21.9 Å². The molecule has 5 aromatic rings. The molecule has 0 N–H and O–H groups in total. The minimum absolute atomic E-state index is 0.0121. The molecule has 180 valence electrons. The van der Waals surface area contributed by atoms with Crippen LogP contribution in [-0.4, -0.2) is 14.5 Å². The van der Waals surface area contributed by atoms with Crippen LogP contribution in [0.1, 0.15) is 58.4 Å². The van der Waals surface area contributed by atoms with Gasteiger partial charge >= 0.3 is 0 Å². The number of furan rings is 1. The first-order chi connectivity index (χ1) is 16.3. The third-order valence-corrected chi connectivity index (χ3v) is 6.84. The molecule has 0 aliphatic heterocycles. The average Bonchev–Trinajstić information content (AvgIpc) is 3.31. The van der Waals surface area contributed by atoms with Gasteiger partial charge in [-0.25, -0.2) is 14.1 Å². The van der Waals surface area contributed by atoms with E-state index in [1.54, 1.807) is 0 Å². The van der Waals surface area contributed by atoms with Crippen molar-refractivity contribution in [3.05, 3.63) is 65.6 Å². The molecule has 0 amide bonds. The largest absolute Gasteiger partial charge is 0.437 e. The van der Waals surface area contributed by atoms with Crippen molar-refractivity contribution in [3.63, 3.8) is 0 Å². The summed E-state index contributed by atoms with van der Waals surface area (Å²) in [5, 5.41) is 2.09. The third kappa shape index (κ3) is 3.93. The summed E-state index contributed by atoms with van der Waals surface area (Å²) in [6.45, 7) is 15.5. The van der Waals surface area contributed by atoms with Crippen LogP contribution in [0.5, 0.6) is 0 Å². The fraction of sp³-hybridized carbons (Fsp3) is 0.367. The van der Waals surface area contributed by atoms with Gasteiger partial charge in [0.05, 0.1) is 25.5 Å². The first-order valence-corrected chi connectivity index (χ1v) is 12.2. The topological polar surface area (TPSA) is 47.7 Å². The smallest absolute Gasteiger partial charge is 0.292 e. The average molecular weight is 468 g/mol. The molecule has 0 atom stereocenters. The standard InChI is InChI=1S/C30H35N4O/c1-18-10-11-20-21-12-13-22(23-16-19(29(2,3)4)17-24(31-23)30(5,6)7)32-27(21)35-26(20)25(18)28-33(8)14-15-34(28)9/h10-17H,1-9H3/q+1.